The molecule has 4 aromatic carbocycles. The Bertz CT molecular complexity index is 2570. The molecule has 0 fully saturated rings. The maximum atomic E-state index is 7.33. The van der Waals surface area contributed by atoms with Crippen molar-refractivity contribution in [2.75, 3.05) is 56.4 Å². The Kier molecular flexibility index (Phi) is 20.3. The monoisotopic (exact) mass is 1240 g/mol. The molecule has 0 radical (unpaired) electrons. The van der Waals surface area contributed by atoms with Gasteiger partial charge in [-0.05, 0) is 106 Å². The lowest BCUT2D eigenvalue weighted by Crippen LogP contribution is -2.25. The molecule has 8 bridgehead atoms. The van der Waals surface area contributed by atoms with Crippen LogP contribution in [0.2, 0.25) is 0 Å². The van der Waals surface area contributed by atoms with Gasteiger partial charge >= 0.3 is 26.6 Å². The normalized spacial score (nSPS) is 25.9. The van der Waals surface area contributed by atoms with Crippen molar-refractivity contribution in [1.29, 1.82) is 0 Å². The summed E-state index contributed by atoms with van der Waals surface area (Å²) in [6, 6.07) is 18.0. The molecule has 0 saturated heterocycles. The summed E-state index contributed by atoms with van der Waals surface area (Å²) in [6.07, 6.45) is 20.8. The van der Waals surface area contributed by atoms with Crippen LogP contribution in [0.15, 0.2) is 48.5 Å². The Morgan fingerprint density at radius 2 is 0.438 bits per heavy atom. The quantitative estimate of drug-likeness (QED) is 0.0492. The molecule has 20 heteroatoms. The average Bonchev–Trinajstić information content (AvgIpc) is 3.39. The molecule has 1 aliphatic carbocycles. The fourth-order valence-corrected chi connectivity index (χ4v) is 18.6. The fourth-order valence-electron chi connectivity index (χ4n) is 11.9. The minimum atomic E-state index is -3.33. The van der Waals surface area contributed by atoms with Gasteiger partial charge in [0.1, 0.15) is 46.0 Å². The third kappa shape index (κ3) is 12.8. The molecule has 0 amide bonds. The summed E-state index contributed by atoms with van der Waals surface area (Å²) >= 11 is 26.7. The van der Waals surface area contributed by atoms with Crippen LogP contribution in [0.4, 0.5) is 0 Å². The van der Waals surface area contributed by atoms with Crippen molar-refractivity contribution in [1.82, 2.24) is 18.7 Å². The molecule has 0 N–H and O–H groups in total. The predicted octanol–water partition coefficient (Wildman–Crippen LogP) is 18.6. The van der Waals surface area contributed by atoms with E-state index in [1.165, 1.54) is 0 Å². The first-order valence-corrected chi connectivity index (χ1v) is 40.0. The van der Waals surface area contributed by atoms with E-state index in [1.807, 2.05) is 75.1 Å². The Morgan fingerprint density at radius 3 is 0.575 bits per heavy atom. The van der Waals surface area contributed by atoms with Crippen LogP contribution < -0.4 is 36.2 Å². The van der Waals surface area contributed by atoms with Gasteiger partial charge < -0.3 is 36.2 Å². The van der Waals surface area contributed by atoms with E-state index in [9.17, 15) is 0 Å². The topological polar surface area (TPSA) is 86.8 Å². The van der Waals surface area contributed by atoms with E-state index in [2.05, 4.69) is 76.2 Å². The van der Waals surface area contributed by atoms with Crippen molar-refractivity contribution >= 4 is 73.8 Å². The number of rotatable bonds is 24. The van der Waals surface area contributed by atoms with Crippen LogP contribution in [-0.2, 0) is 47.2 Å². The van der Waals surface area contributed by atoms with Crippen molar-refractivity contribution in [3.05, 3.63) is 93.0 Å². The SMILES string of the molecule is CCCCCCC1c2cc3c4cc2OP(=S)(N(C)C)Oc2cc5c(cc21)C(CCCCCC)c1cc2c(cc1OP(=S)(N(C)C)O5)OP(=S)(N(C)C)Oc1cc(c(cc1C2CCCCCC)C3CCCCCC)OP(=S)(N(C)C)O4. The number of unbranched alkanes of at least 4 members (excludes halogenated alkanes) is 12. The van der Waals surface area contributed by atoms with Crippen molar-refractivity contribution in [2.45, 2.75) is 180 Å². The van der Waals surface area contributed by atoms with Crippen LogP contribution in [0.3, 0.4) is 0 Å². The molecule has 4 aromatic rings. The van der Waals surface area contributed by atoms with Gasteiger partial charge in [-0.2, -0.15) is 0 Å². The van der Waals surface area contributed by atoms with Crippen molar-refractivity contribution in [3.8, 4) is 46.0 Å². The minimum Gasteiger partial charge on any atom is -0.424 e. The zero-order valence-corrected chi connectivity index (χ0v) is 56.4. The highest BCUT2D eigenvalue weighted by Crippen LogP contribution is 2.67. The number of nitrogens with zero attached hydrogens (tertiary/aromatic N) is 4. The Balaban J connectivity index is 1.50. The lowest BCUT2D eigenvalue weighted by atomic mass is 9.76. The van der Waals surface area contributed by atoms with Gasteiger partial charge in [0.25, 0.3) is 0 Å². The van der Waals surface area contributed by atoms with Gasteiger partial charge in [0.05, 0.1) is 0 Å². The summed E-state index contributed by atoms with van der Waals surface area (Å²) in [5.74, 6) is 4.46. The molecule has 0 atom stereocenters. The van der Waals surface area contributed by atoms with E-state index < -0.39 is 26.6 Å². The fraction of sp³-hybridized carbons (Fsp3) is 0.600. The second-order valence-electron chi connectivity index (χ2n) is 23.3. The number of benzene rings is 4. The Morgan fingerprint density at radius 1 is 0.275 bits per heavy atom. The lowest BCUT2D eigenvalue weighted by Gasteiger charge is -2.40. The van der Waals surface area contributed by atoms with Crippen molar-refractivity contribution in [2.24, 2.45) is 0 Å². The van der Waals surface area contributed by atoms with Crippen LogP contribution in [-0.4, -0.2) is 75.1 Å². The lowest BCUT2D eigenvalue weighted by molar-refractivity contribution is 0.379. The number of hydrogen-bond donors (Lipinski definition) is 0. The molecule has 440 valence electrons. The molecule has 4 aliphatic heterocycles. The third-order valence-electron chi connectivity index (χ3n) is 16.6. The highest BCUT2D eigenvalue weighted by atomic mass is 32.5. The van der Waals surface area contributed by atoms with Crippen LogP contribution in [0.5, 0.6) is 46.0 Å². The van der Waals surface area contributed by atoms with E-state index in [0.29, 0.717) is 46.0 Å². The first-order valence-electron chi connectivity index (χ1n) is 29.6. The van der Waals surface area contributed by atoms with Gasteiger partial charge in [-0.25, -0.2) is 18.7 Å². The van der Waals surface area contributed by atoms with E-state index >= 15 is 0 Å². The second-order valence-corrected chi connectivity index (χ2v) is 37.3. The summed E-state index contributed by atoms with van der Waals surface area (Å²) in [5.41, 5.74) is 8.47. The maximum Gasteiger partial charge on any atom is 0.367 e. The van der Waals surface area contributed by atoms with Gasteiger partial charge in [0, 0.05) is 140 Å². The van der Waals surface area contributed by atoms with E-state index in [-0.39, 0.29) is 23.7 Å². The van der Waals surface area contributed by atoms with Crippen molar-refractivity contribution < 1.29 is 36.2 Å². The Labute approximate surface area is 500 Å². The summed E-state index contributed by atoms with van der Waals surface area (Å²) in [7, 11) is 15.5. The highest BCUT2D eigenvalue weighted by molar-refractivity contribution is 8.10. The van der Waals surface area contributed by atoms with Gasteiger partial charge in [-0.15, -0.1) is 0 Å². The van der Waals surface area contributed by atoms with Gasteiger partial charge in [0.2, 0.25) is 0 Å². The first kappa shape index (κ1) is 62.3. The standard InChI is InChI=1S/C60H88N4O8P4S4/c1-13-17-21-25-29-41-45-33-47-42(30-26-22-18-14-2)49-35-51-44(32-28-24-20-16-4)52-36-50-43(31-27-23-19-15-3)48-34-46(41)54-38-56(48)68-75(79,63(9)10)70-58(50)40-60(52)72-76(80,64(11)12)71-59(51)39-57(49)69-74(78,62(7)8)67-55(47)37-53(45)65-73(77,66-54)61(5)6/h33-44H,13-32H2,1-12H3. The molecule has 0 aromatic heterocycles. The first-order chi connectivity index (χ1) is 38.2. The predicted molar refractivity (Wildman–Crippen MR) is 345 cm³/mol. The molecule has 0 spiro atoms. The zero-order chi connectivity index (χ0) is 57.3. The zero-order valence-electron chi connectivity index (χ0n) is 49.5. The molecule has 80 heavy (non-hydrogen) atoms. The maximum absolute atomic E-state index is 7.33. The minimum absolute atomic E-state index is 0.171. The van der Waals surface area contributed by atoms with Crippen LogP contribution in [0.25, 0.3) is 0 Å². The molecule has 4 heterocycles. The van der Waals surface area contributed by atoms with Crippen molar-refractivity contribution in [3.63, 3.8) is 0 Å². The number of hydrogen-bond acceptors (Lipinski definition) is 12. The second kappa shape index (κ2) is 26.1. The van der Waals surface area contributed by atoms with E-state index in [1.54, 1.807) is 0 Å². The Hall–Kier alpha value is -2.28. The summed E-state index contributed by atoms with van der Waals surface area (Å²) in [5, 5.41) is 0. The van der Waals surface area contributed by atoms with Gasteiger partial charge in [0.15, 0.2) is 0 Å². The summed E-state index contributed by atoms with van der Waals surface area (Å²) < 4.78 is 66.3. The highest BCUT2D eigenvalue weighted by Gasteiger charge is 2.45. The van der Waals surface area contributed by atoms with Crippen LogP contribution in [0, 0.1) is 0 Å². The smallest absolute Gasteiger partial charge is 0.367 e. The molecular formula is C60H88N4O8P4S4. The van der Waals surface area contributed by atoms with E-state index in [0.717, 1.165) is 173 Å². The third-order valence-corrected chi connectivity index (χ3v) is 29.7. The average molecular weight is 1250 g/mol. The molecular weight excluding hydrogens is 1160 g/mol. The van der Waals surface area contributed by atoms with Crippen LogP contribution in [0.1, 0.15) is 224 Å². The molecule has 9 rings (SSSR count). The van der Waals surface area contributed by atoms with Crippen LogP contribution >= 0.6 is 26.6 Å². The summed E-state index contributed by atoms with van der Waals surface area (Å²) in [6.45, 7) is -4.24. The van der Waals surface area contributed by atoms with Gasteiger partial charge in [-0.3, -0.25) is 0 Å². The van der Waals surface area contributed by atoms with E-state index in [4.69, 9.17) is 83.4 Å². The molecule has 0 unspecified atom stereocenters. The molecule has 12 nitrogen and oxygen atoms in total. The molecule has 5 aliphatic rings. The summed E-state index contributed by atoms with van der Waals surface area (Å²) in [4.78, 5) is 0. The van der Waals surface area contributed by atoms with Gasteiger partial charge in [-0.1, -0.05) is 130 Å². The molecule has 0 saturated carbocycles. The largest absolute Gasteiger partial charge is 0.424 e.